The summed E-state index contributed by atoms with van der Waals surface area (Å²) in [6.45, 7) is 9.25. The maximum absolute atomic E-state index is 14.5. The third kappa shape index (κ3) is 5.21. The number of nitrogens with zero attached hydrogens (tertiary/aromatic N) is 2. The van der Waals surface area contributed by atoms with Crippen molar-refractivity contribution in [1.29, 1.82) is 0 Å². The molecule has 2 aromatic rings. The molecule has 3 aliphatic rings. The van der Waals surface area contributed by atoms with Gasteiger partial charge >= 0.3 is 5.97 Å². The van der Waals surface area contributed by atoms with Gasteiger partial charge in [-0.1, -0.05) is 56.7 Å². The van der Waals surface area contributed by atoms with Gasteiger partial charge in [-0.2, -0.15) is 0 Å². The Balaban J connectivity index is 1.58. The molecule has 0 aliphatic carbocycles. The summed E-state index contributed by atoms with van der Waals surface area (Å²) in [5.74, 6) is -0.986. The Morgan fingerprint density at radius 3 is 2.42 bits per heavy atom. The molecular weight excluding hydrogens is 508 g/mol. The van der Waals surface area contributed by atoms with Gasteiger partial charge in [0.25, 0.3) is 5.91 Å². The Morgan fingerprint density at radius 1 is 1.07 bits per heavy atom. The molecule has 0 saturated carbocycles. The fourth-order valence-electron chi connectivity index (χ4n) is 6.60. The molecule has 0 spiro atoms. The molecule has 1 saturated heterocycles. The molecule has 5 rings (SSSR count). The first-order valence-corrected chi connectivity index (χ1v) is 14.2. The number of methoxy groups -OCH3 is 1. The molecule has 3 heterocycles. The maximum Gasteiger partial charge on any atom is 0.306 e. The first-order chi connectivity index (χ1) is 19.0. The van der Waals surface area contributed by atoms with Gasteiger partial charge in [0.2, 0.25) is 5.91 Å². The number of para-hydroxylation sites is 1. The molecule has 3 aliphatic heterocycles. The van der Waals surface area contributed by atoms with Gasteiger partial charge in [0.15, 0.2) is 0 Å². The summed E-state index contributed by atoms with van der Waals surface area (Å²) in [6.07, 6.45) is 0.811. The number of anilines is 1. The molecule has 2 aromatic carbocycles. The Hall–Kier alpha value is -3.39. The molecule has 214 valence electrons. The summed E-state index contributed by atoms with van der Waals surface area (Å²) in [5.41, 5.74) is 4.65. The van der Waals surface area contributed by atoms with E-state index in [2.05, 4.69) is 39.8 Å². The number of carboxylic acid groups (broad SMARTS) is 1. The van der Waals surface area contributed by atoms with Gasteiger partial charge in [-0.25, -0.2) is 0 Å². The topological polar surface area (TPSA) is 96.4 Å². The number of aliphatic carboxylic acids is 1. The number of benzene rings is 2. The van der Waals surface area contributed by atoms with Crippen LogP contribution in [-0.4, -0.2) is 60.1 Å². The second kappa shape index (κ2) is 10.9. The van der Waals surface area contributed by atoms with Gasteiger partial charge in [-0.05, 0) is 49.7 Å². The number of ether oxygens (including phenoxy) is 2. The summed E-state index contributed by atoms with van der Waals surface area (Å²) in [5, 5.41) is 9.37. The van der Waals surface area contributed by atoms with Crippen LogP contribution in [0.5, 0.6) is 5.75 Å². The van der Waals surface area contributed by atoms with Crippen LogP contribution in [0.1, 0.15) is 74.8 Å². The average molecular weight is 549 g/mol. The van der Waals surface area contributed by atoms with E-state index in [4.69, 9.17) is 9.47 Å². The van der Waals surface area contributed by atoms with Crippen LogP contribution in [0.3, 0.4) is 0 Å². The van der Waals surface area contributed by atoms with Crippen LogP contribution < -0.4 is 9.64 Å². The van der Waals surface area contributed by atoms with Crippen LogP contribution in [0.4, 0.5) is 5.69 Å². The number of carbonyl (C=O) groups excluding carboxylic acids is 2. The van der Waals surface area contributed by atoms with Gasteiger partial charge < -0.3 is 24.4 Å². The Labute approximate surface area is 236 Å². The second-order valence-electron chi connectivity index (χ2n) is 12.4. The number of aryl methyl sites for hydroxylation is 2. The zero-order chi connectivity index (χ0) is 28.8. The van der Waals surface area contributed by atoms with Crippen molar-refractivity contribution in [3.8, 4) is 5.75 Å². The molecule has 1 fully saturated rings. The molecule has 3 atom stereocenters. The maximum atomic E-state index is 14.5. The normalized spacial score (nSPS) is 23.4. The van der Waals surface area contributed by atoms with Crippen molar-refractivity contribution in [3.05, 3.63) is 58.7 Å². The molecule has 8 nitrogen and oxygen atoms in total. The summed E-state index contributed by atoms with van der Waals surface area (Å²) >= 11 is 0. The van der Waals surface area contributed by atoms with Gasteiger partial charge in [0.1, 0.15) is 18.0 Å². The molecule has 0 aromatic heterocycles. The van der Waals surface area contributed by atoms with E-state index in [0.717, 1.165) is 40.8 Å². The van der Waals surface area contributed by atoms with Crippen molar-refractivity contribution in [2.75, 3.05) is 25.1 Å². The number of hydrogen-bond donors (Lipinski definition) is 1. The average Bonchev–Trinajstić information content (AvgIpc) is 3.03. The lowest BCUT2D eigenvalue weighted by Crippen LogP contribution is -2.54. The molecule has 40 heavy (non-hydrogen) atoms. The molecule has 0 unspecified atom stereocenters. The molecule has 8 heteroatoms. The van der Waals surface area contributed by atoms with Crippen LogP contribution in [0.2, 0.25) is 0 Å². The van der Waals surface area contributed by atoms with Crippen LogP contribution in [0.15, 0.2) is 36.4 Å². The lowest BCUT2D eigenvalue weighted by atomic mass is 9.78. The Kier molecular flexibility index (Phi) is 7.66. The van der Waals surface area contributed by atoms with Crippen molar-refractivity contribution in [1.82, 2.24) is 4.90 Å². The predicted molar refractivity (Wildman–Crippen MR) is 151 cm³/mol. The largest absolute Gasteiger partial charge is 0.496 e. The second-order valence-corrected chi connectivity index (χ2v) is 12.4. The van der Waals surface area contributed by atoms with E-state index in [0.29, 0.717) is 31.7 Å². The van der Waals surface area contributed by atoms with E-state index in [9.17, 15) is 19.5 Å². The van der Waals surface area contributed by atoms with Crippen molar-refractivity contribution in [2.45, 2.75) is 78.0 Å². The highest BCUT2D eigenvalue weighted by molar-refractivity contribution is 6.02. The standard InChI is InChI=1S/C32H40N2O6/c1-19-16-21-10-11-26(32(2,3)4)34-28(21)23(17-19)29(22-8-6-7-9-24(22)39-5)40-25(30(34)36)18-27(35)33-14-12-20(13-15-33)31(37)38/h6-9,16-17,20,25-26,29H,10-15,18H2,1-5H3,(H,37,38)/t25-,26+,29-/m1/s1. The first kappa shape index (κ1) is 28.1. The fourth-order valence-corrected chi connectivity index (χ4v) is 6.60. The monoisotopic (exact) mass is 548 g/mol. The van der Waals surface area contributed by atoms with Crippen molar-refractivity contribution in [2.24, 2.45) is 11.3 Å². The minimum Gasteiger partial charge on any atom is -0.496 e. The molecule has 0 bridgehead atoms. The van der Waals surface area contributed by atoms with E-state index in [1.165, 1.54) is 0 Å². The van der Waals surface area contributed by atoms with Gasteiger partial charge in [0.05, 0.1) is 25.1 Å². The van der Waals surface area contributed by atoms with Crippen molar-refractivity contribution in [3.63, 3.8) is 0 Å². The lowest BCUT2D eigenvalue weighted by molar-refractivity contribution is -0.148. The van der Waals surface area contributed by atoms with E-state index >= 15 is 0 Å². The van der Waals surface area contributed by atoms with Gasteiger partial charge in [0, 0.05) is 30.3 Å². The van der Waals surface area contributed by atoms with Gasteiger partial charge in [-0.15, -0.1) is 0 Å². The number of carbonyl (C=O) groups is 3. The minimum absolute atomic E-state index is 0.0575. The third-order valence-corrected chi connectivity index (χ3v) is 8.68. The highest BCUT2D eigenvalue weighted by atomic mass is 16.5. The lowest BCUT2D eigenvalue weighted by Gasteiger charge is -2.45. The third-order valence-electron chi connectivity index (χ3n) is 8.68. The van der Waals surface area contributed by atoms with Gasteiger partial charge in [-0.3, -0.25) is 14.4 Å². The first-order valence-electron chi connectivity index (χ1n) is 14.2. The summed E-state index contributed by atoms with van der Waals surface area (Å²) < 4.78 is 12.4. The minimum atomic E-state index is -0.997. The Morgan fingerprint density at radius 2 is 1.77 bits per heavy atom. The zero-order valence-electron chi connectivity index (χ0n) is 24.1. The Bertz CT molecular complexity index is 1310. The zero-order valence-corrected chi connectivity index (χ0v) is 24.1. The molecular formula is C32H40N2O6. The smallest absolute Gasteiger partial charge is 0.306 e. The summed E-state index contributed by atoms with van der Waals surface area (Å²) in [7, 11) is 1.62. The molecule has 0 radical (unpaired) electrons. The van der Waals surface area contributed by atoms with E-state index < -0.39 is 24.1 Å². The molecule has 1 N–H and O–H groups in total. The highest BCUT2D eigenvalue weighted by Gasteiger charge is 2.47. The molecule has 2 amide bonds. The number of carboxylic acids is 1. The number of likely N-dealkylation sites (tertiary alicyclic amines) is 1. The summed E-state index contributed by atoms with van der Waals surface area (Å²) in [4.78, 5) is 43.1. The van der Waals surface area contributed by atoms with E-state index in [1.54, 1.807) is 12.0 Å². The number of piperidine rings is 1. The van der Waals surface area contributed by atoms with E-state index in [1.807, 2.05) is 29.2 Å². The fraction of sp³-hybridized carbons (Fsp3) is 0.531. The number of rotatable bonds is 5. The van der Waals surface area contributed by atoms with Crippen LogP contribution in [-0.2, 0) is 25.5 Å². The number of amides is 2. The SMILES string of the molecule is COc1ccccc1[C@H]1O[C@H](CC(=O)N2CCC(C(=O)O)CC2)C(=O)N2c3c(cc(C)cc31)CC[C@H]2C(C)(C)C. The number of hydrogen-bond acceptors (Lipinski definition) is 5. The van der Waals surface area contributed by atoms with E-state index in [-0.39, 0.29) is 29.7 Å². The quantitative estimate of drug-likeness (QED) is 0.571. The van der Waals surface area contributed by atoms with Crippen LogP contribution in [0, 0.1) is 18.3 Å². The van der Waals surface area contributed by atoms with Crippen LogP contribution >= 0.6 is 0 Å². The highest BCUT2D eigenvalue weighted by Crippen LogP contribution is 2.48. The predicted octanol–water partition coefficient (Wildman–Crippen LogP) is 4.90. The van der Waals surface area contributed by atoms with Crippen molar-refractivity contribution < 1.29 is 29.0 Å². The summed E-state index contributed by atoms with van der Waals surface area (Å²) in [6, 6.07) is 11.9. The van der Waals surface area contributed by atoms with Crippen molar-refractivity contribution >= 4 is 23.5 Å². The van der Waals surface area contributed by atoms with Crippen LogP contribution in [0.25, 0.3) is 0 Å².